The van der Waals surface area contributed by atoms with E-state index >= 15 is 0 Å². The van der Waals surface area contributed by atoms with Gasteiger partial charge in [-0.3, -0.25) is 15.0 Å². The highest BCUT2D eigenvalue weighted by Gasteiger charge is 2.17. The average molecular weight is 377 g/mol. The van der Waals surface area contributed by atoms with E-state index in [2.05, 4.69) is 20.2 Å². The van der Waals surface area contributed by atoms with E-state index in [0.717, 1.165) is 21.7 Å². The van der Waals surface area contributed by atoms with Crippen molar-refractivity contribution >= 4 is 40.4 Å². The largest absolute Gasteiger partial charge is 0.273 e. The molecule has 0 spiro atoms. The standard InChI is InChI=1S/C18H11N5OS2/c24-16-14-11(10-5-2-1-3-6-10)9-12(13-7-4-8-26-13)19-15(14)20-17-21-22-18(25)23(16)17/h1-9H,(H,22,25)(H,19,20,21). The van der Waals surface area contributed by atoms with Crippen LogP contribution in [0.15, 0.2) is 58.7 Å². The number of H-pyrrole nitrogens is 2. The summed E-state index contributed by atoms with van der Waals surface area (Å²) in [5.41, 5.74) is 2.67. The first-order valence-corrected chi connectivity index (χ1v) is 9.14. The van der Waals surface area contributed by atoms with Crippen molar-refractivity contribution in [1.29, 1.82) is 0 Å². The number of hydrogen-bond donors (Lipinski definition) is 2. The normalized spacial score (nSPS) is 11.4. The summed E-state index contributed by atoms with van der Waals surface area (Å²) in [4.78, 5) is 23.3. The Morgan fingerprint density at radius 3 is 2.65 bits per heavy atom. The highest BCUT2D eigenvalue weighted by Crippen LogP contribution is 2.31. The number of fused-ring (bicyclic) bond motifs is 2. The molecule has 0 aliphatic rings. The Hall–Kier alpha value is -3.10. The van der Waals surface area contributed by atoms with E-state index in [4.69, 9.17) is 12.2 Å². The van der Waals surface area contributed by atoms with Crippen molar-refractivity contribution in [3.63, 3.8) is 0 Å². The van der Waals surface area contributed by atoms with Gasteiger partial charge in [-0.15, -0.1) is 11.3 Å². The fourth-order valence-corrected chi connectivity index (χ4v) is 3.92. The summed E-state index contributed by atoms with van der Waals surface area (Å²) in [6.07, 6.45) is 0. The fourth-order valence-electron chi connectivity index (χ4n) is 3.02. The predicted octanol–water partition coefficient (Wildman–Crippen LogP) is 4.02. The summed E-state index contributed by atoms with van der Waals surface area (Å²) >= 11 is 6.80. The topological polar surface area (TPSA) is 78.8 Å². The Labute approximate surface area is 155 Å². The molecule has 4 heterocycles. The molecule has 0 radical (unpaired) electrons. The molecule has 8 heteroatoms. The van der Waals surface area contributed by atoms with E-state index in [9.17, 15) is 4.79 Å². The molecule has 5 aromatic rings. The van der Waals surface area contributed by atoms with Crippen LogP contribution in [-0.4, -0.2) is 24.6 Å². The van der Waals surface area contributed by atoms with Crippen LogP contribution in [0, 0.1) is 4.77 Å². The van der Waals surface area contributed by atoms with Gasteiger partial charge >= 0.3 is 0 Å². The molecule has 1 aromatic carbocycles. The van der Waals surface area contributed by atoms with E-state index in [1.165, 1.54) is 4.40 Å². The quantitative estimate of drug-likeness (QED) is 0.455. The number of nitrogens with zero attached hydrogens (tertiary/aromatic N) is 3. The molecule has 0 atom stereocenters. The SMILES string of the molecule is O=c1c2c(-c3ccccc3)cc(-c3cccs3)nc2nc2[nH][nH]c(=S)n12. The van der Waals surface area contributed by atoms with Crippen LogP contribution in [0.1, 0.15) is 0 Å². The molecular formula is C18H11N5OS2. The Bertz CT molecular complexity index is 1360. The van der Waals surface area contributed by atoms with E-state index in [1.54, 1.807) is 11.3 Å². The van der Waals surface area contributed by atoms with Gasteiger partial charge in [-0.25, -0.2) is 9.38 Å². The minimum atomic E-state index is -0.239. The lowest BCUT2D eigenvalue weighted by molar-refractivity contribution is 1.05. The maximum Gasteiger partial charge on any atom is 0.271 e. The van der Waals surface area contributed by atoms with Gasteiger partial charge in [0.05, 0.1) is 16.0 Å². The van der Waals surface area contributed by atoms with Crippen LogP contribution < -0.4 is 5.56 Å². The van der Waals surface area contributed by atoms with E-state index in [-0.39, 0.29) is 10.3 Å². The van der Waals surface area contributed by atoms with Crippen LogP contribution in [0.2, 0.25) is 0 Å². The Kier molecular flexibility index (Phi) is 3.34. The Balaban J connectivity index is 1.98. The van der Waals surface area contributed by atoms with Gasteiger partial charge < -0.3 is 0 Å². The average Bonchev–Trinajstić information content (AvgIpc) is 3.32. The van der Waals surface area contributed by atoms with Crippen LogP contribution in [0.25, 0.3) is 38.5 Å². The van der Waals surface area contributed by atoms with Gasteiger partial charge in [-0.2, -0.15) is 4.98 Å². The number of hydrogen-bond acceptors (Lipinski definition) is 5. The molecule has 0 unspecified atom stereocenters. The van der Waals surface area contributed by atoms with E-state index in [0.29, 0.717) is 16.8 Å². The molecule has 0 saturated carbocycles. The maximum atomic E-state index is 13.1. The third-order valence-electron chi connectivity index (χ3n) is 4.18. The first kappa shape index (κ1) is 15.2. The number of benzene rings is 1. The molecule has 26 heavy (non-hydrogen) atoms. The number of rotatable bonds is 2. The molecule has 0 aliphatic carbocycles. The van der Waals surface area contributed by atoms with Crippen molar-refractivity contribution in [1.82, 2.24) is 24.6 Å². The summed E-state index contributed by atoms with van der Waals surface area (Å²) in [6, 6.07) is 15.7. The minimum absolute atomic E-state index is 0.239. The zero-order valence-corrected chi connectivity index (χ0v) is 14.9. The Morgan fingerprint density at radius 1 is 1.04 bits per heavy atom. The second kappa shape index (κ2) is 5.72. The van der Waals surface area contributed by atoms with Gasteiger partial charge in [0.25, 0.3) is 5.56 Å². The van der Waals surface area contributed by atoms with Gasteiger partial charge in [0, 0.05) is 5.56 Å². The van der Waals surface area contributed by atoms with Gasteiger partial charge in [0.2, 0.25) is 10.5 Å². The van der Waals surface area contributed by atoms with Crippen LogP contribution in [0.4, 0.5) is 0 Å². The Morgan fingerprint density at radius 2 is 1.88 bits per heavy atom. The summed E-state index contributed by atoms with van der Waals surface area (Å²) in [5.74, 6) is 0.349. The van der Waals surface area contributed by atoms with Crippen LogP contribution in [0.3, 0.4) is 0 Å². The summed E-state index contributed by atoms with van der Waals surface area (Å²) in [7, 11) is 0. The number of nitrogens with one attached hydrogen (secondary N) is 2. The molecule has 5 rings (SSSR count). The lowest BCUT2D eigenvalue weighted by Gasteiger charge is -2.08. The fraction of sp³-hybridized carbons (Fsp3) is 0. The van der Waals surface area contributed by atoms with Crippen molar-refractivity contribution in [2.24, 2.45) is 0 Å². The lowest BCUT2D eigenvalue weighted by Crippen LogP contribution is -2.16. The van der Waals surface area contributed by atoms with Gasteiger partial charge in [0.1, 0.15) is 0 Å². The molecule has 126 valence electrons. The lowest BCUT2D eigenvalue weighted by atomic mass is 10.0. The van der Waals surface area contributed by atoms with Crippen molar-refractivity contribution in [2.45, 2.75) is 0 Å². The second-order valence-corrected chi connectivity index (χ2v) is 7.06. The molecule has 0 saturated heterocycles. The molecule has 6 nitrogen and oxygen atoms in total. The number of aromatic nitrogens is 5. The van der Waals surface area contributed by atoms with Gasteiger partial charge in [-0.1, -0.05) is 36.4 Å². The van der Waals surface area contributed by atoms with Gasteiger partial charge in [-0.05, 0) is 35.3 Å². The summed E-state index contributed by atoms with van der Waals surface area (Å²) in [5, 5.41) is 8.03. The van der Waals surface area contributed by atoms with Crippen LogP contribution >= 0.6 is 23.6 Å². The van der Waals surface area contributed by atoms with Crippen LogP contribution in [-0.2, 0) is 0 Å². The molecule has 0 amide bonds. The maximum absolute atomic E-state index is 13.1. The van der Waals surface area contributed by atoms with Gasteiger partial charge in [0.15, 0.2) is 5.65 Å². The monoisotopic (exact) mass is 377 g/mol. The van der Waals surface area contributed by atoms with Crippen molar-refractivity contribution in [3.8, 4) is 21.7 Å². The predicted molar refractivity (Wildman–Crippen MR) is 105 cm³/mol. The number of thiophene rings is 1. The van der Waals surface area contributed by atoms with E-state index in [1.807, 2.05) is 53.9 Å². The highest BCUT2D eigenvalue weighted by molar-refractivity contribution is 7.71. The summed E-state index contributed by atoms with van der Waals surface area (Å²) in [6.45, 7) is 0. The first-order chi connectivity index (χ1) is 12.7. The smallest absolute Gasteiger partial charge is 0.271 e. The molecular weight excluding hydrogens is 366 g/mol. The molecule has 2 N–H and O–H groups in total. The van der Waals surface area contributed by atoms with Crippen LogP contribution in [0.5, 0.6) is 0 Å². The minimum Gasteiger partial charge on any atom is -0.273 e. The zero-order chi connectivity index (χ0) is 17.7. The molecule has 0 aliphatic heterocycles. The highest BCUT2D eigenvalue weighted by atomic mass is 32.1. The molecule has 4 aromatic heterocycles. The molecule has 0 fully saturated rings. The molecule has 0 bridgehead atoms. The van der Waals surface area contributed by atoms with Crippen molar-refractivity contribution < 1.29 is 0 Å². The number of aromatic amines is 2. The first-order valence-electron chi connectivity index (χ1n) is 7.86. The van der Waals surface area contributed by atoms with Crippen molar-refractivity contribution in [2.75, 3.05) is 0 Å². The second-order valence-electron chi connectivity index (χ2n) is 5.73. The summed E-state index contributed by atoms with van der Waals surface area (Å²) < 4.78 is 1.64. The zero-order valence-electron chi connectivity index (χ0n) is 13.3. The van der Waals surface area contributed by atoms with Crippen molar-refractivity contribution in [3.05, 3.63) is 69.0 Å². The third kappa shape index (κ3) is 2.23. The third-order valence-corrected chi connectivity index (χ3v) is 5.36. The number of pyridine rings is 1. The van der Waals surface area contributed by atoms with E-state index < -0.39 is 0 Å².